The summed E-state index contributed by atoms with van der Waals surface area (Å²) in [4.78, 5) is 4.33. The Kier molecular flexibility index (Phi) is 7.10. The monoisotopic (exact) mass is 448 g/mol. The number of hydrogen-bond acceptors (Lipinski definition) is 7. The molecule has 7 nitrogen and oxygen atoms in total. The molecular formula is C21H28N4O3S2. The number of fused-ring (bicyclic) bond motifs is 1. The van der Waals surface area contributed by atoms with Crippen LogP contribution >= 0.6 is 11.3 Å². The summed E-state index contributed by atoms with van der Waals surface area (Å²) >= 11 is 1.24. The lowest BCUT2D eigenvalue weighted by Crippen LogP contribution is -2.47. The molecule has 3 aromatic rings. The molecule has 5 N–H and O–H groups in total. The minimum Gasteiger partial charge on any atom is -0.390 e. The Morgan fingerprint density at radius 2 is 1.83 bits per heavy atom. The summed E-state index contributed by atoms with van der Waals surface area (Å²) in [5.74, 6) is 0.0834. The summed E-state index contributed by atoms with van der Waals surface area (Å²) in [5, 5.41) is 11.1. The van der Waals surface area contributed by atoms with Crippen LogP contribution in [0.4, 0.5) is 5.13 Å². The average molecular weight is 449 g/mol. The van der Waals surface area contributed by atoms with Gasteiger partial charge in [0.05, 0.1) is 21.2 Å². The highest BCUT2D eigenvalue weighted by Crippen LogP contribution is 2.28. The van der Waals surface area contributed by atoms with Crippen molar-refractivity contribution in [2.45, 2.75) is 37.3 Å². The van der Waals surface area contributed by atoms with Crippen LogP contribution in [0.15, 0.2) is 53.4 Å². The number of thiazole rings is 1. The highest BCUT2D eigenvalue weighted by atomic mass is 32.2. The predicted octanol–water partition coefficient (Wildman–Crippen LogP) is 2.46. The highest BCUT2D eigenvalue weighted by Gasteiger charge is 2.29. The lowest BCUT2D eigenvalue weighted by atomic mass is 10.0. The van der Waals surface area contributed by atoms with Crippen LogP contribution in [0.1, 0.15) is 19.4 Å². The summed E-state index contributed by atoms with van der Waals surface area (Å²) in [5.41, 5.74) is 13.6. The first-order valence-electron chi connectivity index (χ1n) is 9.80. The van der Waals surface area contributed by atoms with Crippen LogP contribution < -0.4 is 11.5 Å². The first-order valence-corrected chi connectivity index (χ1v) is 12.1. The van der Waals surface area contributed by atoms with E-state index in [0.29, 0.717) is 21.8 Å². The van der Waals surface area contributed by atoms with Gasteiger partial charge in [-0.1, -0.05) is 55.5 Å². The molecule has 1 heterocycles. The van der Waals surface area contributed by atoms with Crippen molar-refractivity contribution in [3.8, 4) is 0 Å². The number of anilines is 1. The molecule has 30 heavy (non-hydrogen) atoms. The van der Waals surface area contributed by atoms with Gasteiger partial charge in [0.25, 0.3) is 0 Å². The van der Waals surface area contributed by atoms with Crippen LogP contribution in [0, 0.1) is 5.92 Å². The molecule has 0 aliphatic heterocycles. The van der Waals surface area contributed by atoms with E-state index < -0.39 is 22.2 Å². The zero-order chi connectivity index (χ0) is 21.9. The maximum Gasteiger partial charge on any atom is 0.243 e. The van der Waals surface area contributed by atoms with E-state index in [1.54, 1.807) is 12.1 Å². The standard InChI is InChI=1S/C21H28N4O3S2/c1-14(2)12-25(13-19(26)17(22)10-15-6-4-3-5-7-15)30(27,28)16-8-9-18-20(11-16)29-21(23)24-18/h3-9,11,14,17,19,26H,10,12-13,22H2,1-2H3,(H2,23,24)/t17-,19+/m0/s1. The average Bonchev–Trinajstić information content (AvgIpc) is 3.07. The topological polar surface area (TPSA) is 123 Å². The number of sulfonamides is 1. The molecule has 0 radical (unpaired) electrons. The molecule has 2 aromatic carbocycles. The number of nitrogens with two attached hydrogens (primary N) is 2. The van der Waals surface area contributed by atoms with E-state index in [4.69, 9.17) is 11.5 Å². The second-order valence-corrected chi connectivity index (χ2v) is 10.8. The molecule has 0 fully saturated rings. The van der Waals surface area contributed by atoms with Gasteiger partial charge in [-0.15, -0.1) is 0 Å². The molecule has 0 saturated heterocycles. The molecule has 0 aliphatic rings. The summed E-state index contributed by atoms with van der Waals surface area (Å²) in [6.45, 7) is 4.08. The summed E-state index contributed by atoms with van der Waals surface area (Å²) in [6.07, 6.45) is -0.537. The Balaban J connectivity index is 1.82. The lowest BCUT2D eigenvalue weighted by Gasteiger charge is -2.28. The Morgan fingerprint density at radius 1 is 1.13 bits per heavy atom. The molecule has 0 spiro atoms. The number of aliphatic hydroxyl groups excluding tert-OH is 1. The maximum atomic E-state index is 13.4. The van der Waals surface area contributed by atoms with Crippen LogP contribution in [-0.2, 0) is 16.4 Å². The van der Waals surface area contributed by atoms with Crippen LogP contribution in [-0.4, -0.2) is 48.0 Å². The second kappa shape index (κ2) is 9.40. The van der Waals surface area contributed by atoms with Gasteiger partial charge in [-0.05, 0) is 36.1 Å². The van der Waals surface area contributed by atoms with E-state index in [-0.39, 0.29) is 23.9 Å². The van der Waals surface area contributed by atoms with E-state index in [9.17, 15) is 13.5 Å². The van der Waals surface area contributed by atoms with Gasteiger partial charge in [-0.25, -0.2) is 13.4 Å². The van der Waals surface area contributed by atoms with E-state index in [0.717, 1.165) is 5.56 Å². The van der Waals surface area contributed by atoms with Gasteiger partial charge in [0.15, 0.2) is 5.13 Å². The number of hydrogen-bond donors (Lipinski definition) is 3. The van der Waals surface area contributed by atoms with Gasteiger partial charge in [0.1, 0.15) is 0 Å². The van der Waals surface area contributed by atoms with Crippen molar-refractivity contribution in [3.05, 3.63) is 54.1 Å². The largest absolute Gasteiger partial charge is 0.390 e. The zero-order valence-electron chi connectivity index (χ0n) is 17.1. The zero-order valence-corrected chi connectivity index (χ0v) is 18.7. The van der Waals surface area contributed by atoms with Crippen molar-refractivity contribution < 1.29 is 13.5 Å². The minimum absolute atomic E-state index is 0.0720. The fraction of sp³-hybridized carbons (Fsp3) is 0.381. The molecule has 0 saturated carbocycles. The van der Waals surface area contributed by atoms with Gasteiger partial charge in [0, 0.05) is 19.1 Å². The fourth-order valence-electron chi connectivity index (χ4n) is 3.28. The first kappa shape index (κ1) is 22.6. The van der Waals surface area contributed by atoms with Gasteiger partial charge < -0.3 is 16.6 Å². The molecule has 0 aliphatic carbocycles. The van der Waals surface area contributed by atoms with Crippen molar-refractivity contribution in [2.75, 3.05) is 18.8 Å². The quantitative estimate of drug-likeness (QED) is 0.462. The third-order valence-electron chi connectivity index (χ3n) is 4.78. The minimum atomic E-state index is -3.82. The van der Waals surface area contributed by atoms with E-state index in [2.05, 4.69) is 4.98 Å². The van der Waals surface area contributed by atoms with Crippen molar-refractivity contribution in [1.29, 1.82) is 0 Å². The third-order valence-corrected chi connectivity index (χ3v) is 7.46. The molecule has 0 amide bonds. The Bertz CT molecular complexity index is 1080. The molecule has 0 bridgehead atoms. The van der Waals surface area contributed by atoms with E-state index in [1.807, 2.05) is 44.2 Å². The van der Waals surface area contributed by atoms with Crippen molar-refractivity contribution in [2.24, 2.45) is 11.7 Å². The van der Waals surface area contributed by atoms with Gasteiger partial charge in [0.2, 0.25) is 10.0 Å². The van der Waals surface area contributed by atoms with Crippen molar-refractivity contribution in [1.82, 2.24) is 9.29 Å². The van der Waals surface area contributed by atoms with Crippen LogP contribution in [0.2, 0.25) is 0 Å². The van der Waals surface area contributed by atoms with Crippen molar-refractivity contribution >= 4 is 36.7 Å². The number of nitrogen functional groups attached to an aromatic ring is 1. The van der Waals surface area contributed by atoms with Gasteiger partial charge >= 0.3 is 0 Å². The van der Waals surface area contributed by atoms with Crippen LogP contribution in [0.3, 0.4) is 0 Å². The number of nitrogens with zero attached hydrogens (tertiary/aromatic N) is 2. The molecule has 162 valence electrons. The lowest BCUT2D eigenvalue weighted by molar-refractivity contribution is 0.116. The van der Waals surface area contributed by atoms with E-state index >= 15 is 0 Å². The molecule has 9 heteroatoms. The number of aromatic nitrogens is 1. The van der Waals surface area contributed by atoms with Gasteiger partial charge in [-0.3, -0.25) is 0 Å². The Hall–Kier alpha value is -2.04. The SMILES string of the molecule is CC(C)CN(C[C@@H](O)[C@@H](N)Cc1ccccc1)S(=O)(=O)c1ccc2nc(N)sc2c1. The summed E-state index contributed by atoms with van der Waals surface area (Å²) in [7, 11) is -3.82. The van der Waals surface area contributed by atoms with Crippen LogP contribution in [0.25, 0.3) is 10.2 Å². The third kappa shape index (κ3) is 5.35. The fourth-order valence-corrected chi connectivity index (χ4v) is 5.77. The smallest absolute Gasteiger partial charge is 0.243 e. The molecule has 0 unspecified atom stereocenters. The predicted molar refractivity (Wildman–Crippen MR) is 122 cm³/mol. The van der Waals surface area contributed by atoms with E-state index in [1.165, 1.54) is 21.7 Å². The second-order valence-electron chi connectivity index (χ2n) is 7.82. The highest BCUT2D eigenvalue weighted by molar-refractivity contribution is 7.89. The normalized spacial score (nSPS) is 14.5. The number of aliphatic hydroxyl groups is 1. The summed E-state index contributed by atoms with van der Waals surface area (Å²) < 4.78 is 28.7. The van der Waals surface area contributed by atoms with Gasteiger partial charge in [-0.2, -0.15) is 4.31 Å². The Morgan fingerprint density at radius 3 is 2.50 bits per heavy atom. The molecule has 1 aromatic heterocycles. The molecule has 2 atom stereocenters. The Labute approximate surface area is 181 Å². The molecule has 3 rings (SSSR count). The summed E-state index contributed by atoms with van der Waals surface area (Å²) in [6, 6.07) is 13.8. The first-order chi connectivity index (χ1) is 14.2. The number of benzene rings is 2. The molecular weight excluding hydrogens is 420 g/mol. The van der Waals surface area contributed by atoms with Crippen LogP contribution in [0.5, 0.6) is 0 Å². The maximum absolute atomic E-state index is 13.4. The number of rotatable bonds is 9. The van der Waals surface area contributed by atoms with Crippen molar-refractivity contribution in [3.63, 3.8) is 0 Å².